The van der Waals surface area contributed by atoms with Crippen molar-refractivity contribution in [2.75, 3.05) is 0 Å². The highest BCUT2D eigenvalue weighted by atomic mass is 16.5. The number of aldehydes is 1. The van der Waals surface area contributed by atoms with Gasteiger partial charge in [0.1, 0.15) is 12.0 Å². The summed E-state index contributed by atoms with van der Waals surface area (Å²) in [6.45, 7) is 9.36. The molecular weight excluding hydrogens is 228 g/mol. The second kappa shape index (κ2) is 13.4. The van der Waals surface area contributed by atoms with Gasteiger partial charge in [-0.2, -0.15) is 0 Å². The van der Waals surface area contributed by atoms with Crippen LogP contribution >= 0.6 is 0 Å². The SMILES string of the molecule is CC.CC.CC(=O)Oc1ccc(CCC=O)cc1. The molecule has 102 valence electrons. The number of carbonyl (C=O) groups is 2. The standard InChI is InChI=1S/C11H12O3.2C2H6/c1-9(13)14-11-6-4-10(5-7-11)3-2-8-12;2*1-2/h4-8H,2-3H2,1H3;2*1-2H3. The lowest BCUT2D eigenvalue weighted by Gasteiger charge is -2.02. The topological polar surface area (TPSA) is 43.4 Å². The molecule has 0 heterocycles. The first kappa shape index (κ1) is 18.7. The third-order valence-electron chi connectivity index (χ3n) is 1.74. The van der Waals surface area contributed by atoms with E-state index in [4.69, 9.17) is 4.74 Å². The molecule has 1 rings (SSSR count). The minimum atomic E-state index is -0.328. The number of rotatable bonds is 4. The number of hydrogen-bond donors (Lipinski definition) is 0. The van der Waals surface area contributed by atoms with Gasteiger partial charge in [-0.25, -0.2) is 0 Å². The van der Waals surface area contributed by atoms with Gasteiger partial charge in [0.15, 0.2) is 0 Å². The third kappa shape index (κ3) is 9.58. The van der Waals surface area contributed by atoms with Crippen LogP contribution in [-0.4, -0.2) is 12.3 Å². The van der Waals surface area contributed by atoms with Crippen LogP contribution in [-0.2, 0) is 16.0 Å². The van der Waals surface area contributed by atoms with Gasteiger partial charge >= 0.3 is 5.97 Å². The lowest BCUT2D eigenvalue weighted by atomic mass is 10.1. The van der Waals surface area contributed by atoms with Crippen molar-refractivity contribution < 1.29 is 14.3 Å². The van der Waals surface area contributed by atoms with Gasteiger partial charge in [0.25, 0.3) is 0 Å². The van der Waals surface area contributed by atoms with Crippen LogP contribution in [0.2, 0.25) is 0 Å². The molecule has 1 aromatic rings. The van der Waals surface area contributed by atoms with E-state index < -0.39 is 0 Å². The normalized spacial score (nSPS) is 8.06. The average Bonchev–Trinajstić information content (AvgIpc) is 2.42. The summed E-state index contributed by atoms with van der Waals surface area (Å²) in [5.74, 6) is 0.206. The monoisotopic (exact) mass is 252 g/mol. The Hall–Kier alpha value is -1.64. The molecule has 0 spiro atoms. The van der Waals surface area contributed by atoms with Gasteiger partial charge in [-0.1, -0.05) is 39.8 Å². The summed E-state index contributed by atoms with van der Waals surface area (Å²) in [4.78, 5) is 20.7. The number of hydrogen-bond acceptors (Lipinski definition) is 3. The van der Waals surface area contributed by atoms with Crippen molar-refractivity contribution in [3.63, 3.8) is 0 Å². The largest absolute Gasteiger partial charge is 0.427 e. The number of aryl methyl sites for hydroxylation is 1. The van der Waals surface area contributed by atoms with Crippen molar-refractivity contribution >= 4 is 12.3 Å². The van der Waals surface area contributed by atoms with Crippen LogP contribution < -0.4 is 4.74 Å². The fourth-order valence-corrected chi connectivity index (χ4v) is 1.12. The lowest BCUT2D eigenvalue weighted by molar-refractivity contribution is -0.131. The van der Waals surface area contributed by atoms with Crippen LogP contribution in [0.4, 0.5) is 0 Å². The summed E-state index contributed by atoms with van der Waals surface area (Å²) < 4.78 is 4.87. The number of carbonyl (C=O) groups excluding carboxylic acids is 2. The number of esters is 1. The smallest absolute Gasteiger partial charge is 0.308 e. The molecule has 18 heavy (non-hydrogen) atoms. The Balaban J connectivity index is 0. The van der Waals surface area contributed by atoms with Gasteiger partial charge in [0, 0.05) is 13.3 Å². The number of ether oxygens (including phenoxy) is 1. The molecule has 0 amide bonds. The Morgan fingerprint density at radius 1 is 1.11 bits per heavy atom. The maximum atomic E-state index is 10.6. The lowest BCUT2D eigenvalue weighted by Crippen LogP contribution is -2.01. The highest BCUT2D eigenvalue weighted by Crippen LogP contribution is 2.13. The molecule has 0 aliphatic carbocycles. The Bertz CT molecular complexity index is 315. The Morgan fingerprint density at radius 3 is 2.00 bits per heavy atom. The van der Waals surface area contributed by atoms with Crippen LogP contribution in [0.15, 0.2) is 24.3 Å². The van der Waals surface area contributed by atoms with Crippen LogP contribution in [0.3, 0.4) is 0 Å². The van der Waals surface area contributed by atoms with Gasteiger partial charge < -0.3 is 9.53 Å². The molecule has 3 heteroatoms. The highest BCUT2D eigenvalue weighted by Gasteiger charge is 1.97. The second-order valence-electron chi connectivity index (χ2n) is 2.94. The molecule has 0 fully saturated rings. The van der Waals surface area contributed by atoms with E-state index in [1.807, 2.05) is 39.8 Å². The first-order valence-corrected chi connectivity index (χ1v) is 6.43. The molecule has 0 saturated carbocycles. The van der Waals surface area contributed by atoms with E-state index in [1.165, 1.54) is 6.92 Å². The van der Waals surface area contributed by atoms with Crippen molar-refractivity contribution in [2.24, 2.45) is 0 Å². The summed E-state index contributed by atoms with van der Waals surface area (Å²) in [5, 5.41) is 0. The third-order valence-corrected chi connectivity index (χ3v) is 1.74. The van der Waals surface area contributed by atoms with E-state index in [-0.39, 0.29) is 5.97 Å². The van der Waals surface area contributed by atoms with Gasteiger partial charge in [0.05, 0.1) is 0 Å². The summed E-state index contributed by atoms with van der Waals surface area (Å²) >= 11 is 0. The Labute approximate surface area is 110 Å². The van der Waals surface area contributed by atoms with E-state index in [2.05, 4.69) is 0 Å². The number of benzene rings is 1. The summed E-state index contributed by atoms with van der Waals surface area (Å²) in [6.07, 6.45) is 2.14. The van der Waals surface area contributed by atoms with Gasteiger partial charge in [0.2, 0.25) is 0 Å². The first-order valence-electron chi connectivity index (χ1n) is 6.43. The molecule has 0 aliphatic rings. The van der Waals surface area contributed by atoms with Crippen molar-refractivity contribution in [2.45, 2.75) is 47.5 Å². The first-order chi connectivity index (χ1) is 8.72. The maximum Gasteiger partial charge on any atom is 0.308 e. The molecule has 0 saturated heterocycles. The molecule has 0 aliphatic heterocycles. The van der Waals surface area contributed by atoms with Gasteiger partial charge in [-0.3, -0.25) is 4.79 Å². The summed E-state index contributed by atoms with van der Waals surface area (Å²) in [7, 11) is 0. The van der Waals surface area contributed by atoms with Crippen molar-refractivity contribution in [1.82, 2.24) is 0 Å². The molecule has 0 aromatic heterocycles. The van der Waals surface area contributed by atoms with Crippen molar-refractivity contribution in [1.29, 1.82) is 0 Å². The van der Waals surface area contributed by atoms with E-state index in [9.17, 15) is 9.59 Å². The Morgan fingerprint density at radius 2 is 1.61 bits per heavy atom. The molecular formula is C15H24O3. The highest BCUT2D eigenvalue weighted by molar-refractivity contribution is 5.69. The summed E-state index contributed by atoms with van der Waals surface area (Å²) in [6, 6.07) is 7.15. The van der Waals surface area contributed by atoms with Crippen LogP contribution in [0.5, 0.6) is 5.75 Å². The fraction of sp³-hybridized carbons (Fsp3) is 0.467. The quantitative estimate of drug-likeness (QED) is 0.465. The molecule has 1 aromatic carbocycles. The molecule has 0 atom stereocenters. The van der Waals surface area contributed by atoms with Gasteiger partial charge in [-0.05, 0) is 24.1 Å². The zero-order chi connectivity index (χ0) is 14.4. The van der Waals surface area contributed by atoms with Gasteiger partial charge in [-0.15, -0.1) is 0 Å². The Kier molecular flexibility index (Phi) is 14.0. The molecule has 0 unspecified atom stereocenters. The summed E-state index contributed by atoms with van der Waals surface area (Å²) in [5.41, 5.74) is 1.06. The molecule has 3 nitrogen and oxygen atoms in total. The van der Waals surface area contributed by atoms with E-state index in [1.54, 1.807) is 12.1 Å². The second-order valence-corrected chi connectivity index (χ2v) is 2.94. The van der Waals surface area contributed by atoms with E-state index in [0.29, 0.717) is 12.2 Å². The zero-order valence-corrected chi connectivity index (χ0v) is 12.0. The predicted octanol–water partition coefficient (Wildman–Crippen LogP) is 3.80. The van der Waals surface area contributed by atoms with E-state index >= 15 is 0 Å². The molecule has 0 N–H and O–H groups in total. The van der Waals surface area contributed by atoms with Crippen molar-refractivity contribution in [3.05, 3.63) is 29.8 Å². The van der Waals surface area contributed by atoms with E-state index in [0.717, 1.165) is 18.3 Å². The van der Waals surface area contributed by atoms with Crippen molar-refractivity contribution in [3.8, 4) is 5.75 Å². The van der Waals surface area contributed by atoms with Crippen LogP contribution in [0, 0.1) is 0 Å². The molecule has 0 radical (unpaired) electrons. The minimum Gasteiger partial charge on any atom is -0.427 e. The average molecular weight is 252 g/mol. The zero-order valence-electron chi connectivity index (χ0n) is 12.0. The minimum absolute atomic E-state index is 0.328. The maximum absolute atomic E-state index is 10.6. The van der Waals surface area contributed by atoms with Crippen LogP contribution in [0.1, 0.15) is 46.6 Å². The van der Waals surface area contributed by atoms with Crippen LogP contribution in [0.25, 0.3) is 0 Å². The fourth-order valence-electron chi connectivity index (χ4n) is 1.12. The predicted molar refractivity (Wildman–Crippen MR) is 74.8 cm³/mol. The molecule has 0 bridgehead atoms.